The van der Waals surface area contributed by atoms with Crippen molar-refractivity contribution in [3.05, 3.63) is 75.4 Å². The van der Waals surface area contributed by atoms with Gasteiger partial charge in [0.15, 0.2) is 17.3 Å². The number of nitrogens with one attached hydrogen (secondary N) is 1. The van der Waals surface area contributed by atoms with E-state index in [1.54, 1.807) is 13.0 Å². The molecule has 0 saturated heterocycles. The summed E-state index contributed by atoms with van der Waals surface area (Å²) in [5.41, 5.74) is 1.43. The minimum absolute atomic E-state index is 0.0324. The van der Waals surface area contributed by atoms with E-state index in [-0.39, 0.29) is 12.3 Å². The number of ether oxygens (including phenoxy) is 2. The lowest BCUT2D eigenvalue weighted by atomic mass is 10.1. The Hall–Kier alpha value is -3.46. The van der Waals surface area contributed by atoms with Gasteiger partial charge in [-0.15, -0.1) is 0 Å². The maximum absolute atomic E-state index is 11.6. The molecule has 1 aromatic heterocycles. The van der Waals surface area contributed by atoms with Crippen LogP contribution in [0.4, 0.5) is 5.69 Å². The van der Waals surface area contributed by atoms with Crippen LogP contribution in [-0.4, -0.2) is 28.7 Å². The zero-order valence-corrected chi connectivity index (χ0v) is 16.3. The summed E-state index contributed by atoms with van der Waals surface area (Å²) < 4.78 is 16.2. The smallest absolute Gasteiger partial charge is 0.277 e. The van der Waals surface area contributed by atoms with Gasteiger partial charge < -0.3 is 19.3 Å². The van der Waals surface area contributed by atoms with E-state index in [2.05, 4.69) is 15.5 Å². The van der Waals surface area contributed by atoms with Crippen LogP contribution in [0, 0.1) is 17.0 Å². The fourth-order valence-corrected chi connectivity index (χ4v) is 2.77. The molecule has 0 atom stereocenters. The largest absolute Gasteiger partial charge is 0.493 e. The second kappa shape index (κ2) is 9.65. The zero-order chi connectivity index (χ0) is 20.6. The molecule has 0 aliphatic carbocycles. The summed E-state index contributed by atoms with van der Waals surface area (Å²) in [5, 5.41) is 18.4. The van der Waals surface area contributed by atoms with Gasteiger partial charge in [-0.1, -0.05) is 35.5 Å². The van der Waals surface area contributed by atoms with E-state index in [4.69, 9.17) is 14.0 Å². The molecule has 0 bridgehead atoms. The molecule has 1 heterocycles. The summed E-state index contributed by atoms with van der Waals surface area (Å²) in [4.78, 5) is 15.3. The van der Waals surface area contributed by atoms with Crippen LogP contribution >= 0.6 is 0 Å². The number of nitro groups is 1. The summed E-state index contributed by atoms with van der Waals surface area (Å²) in [7, 11) is 1.51. The molecule has 2 aromatic carbocycles. The minimum atomic E-state index is -0.423. The van der Waals surface area contributed by atoms with Crippen LogP contribution in [0.15, 0.2) is 47.0 Å². The molecule has 0 radical (unpaired) electrons. The molecular weight excluding hydrogens is 376 g/mol. The third kappa shape index (κ3) is 5.52. The highest BCUT2D eigenvalue weighted by Crippen LogP contribution is 2.35. The van der Waals surface area contributed by atoms with E-state index < -0.39 is 4.92 Å². The Morgan fingerprint density at radius 1 is 1.21 bits per heavy atom. The average Bonchev–Trinajstić information content (AvgIpc) is 3.15. The van der Waals surface area contributed by atoms with E-state index in [1.165, 1.54) is 13.2 Å². The van der Waals surface area contributed by atoms with Crippen LogP contribution in [0.25, 0.3) is 0 Å². The maximum atomic E-state index is 11.6. The number of methoxy groups -OCH3 is 1. The topological polar surface area (TPSA) is 113 Å². The maximum Gasteiger partial charge on any atom is 0.277 e. The Morgan fingerprint density at radius 2 is 2.00 bits per heavy atom. The van der Waals surface area contributed by atoms with Gasteiger partial charge in [0.1, 0.15) is 6.61 Å². The molecular formula is C20H22N4O5. The Morgan fingerprint density at radius 3 is 2.66 bits per heavy atom. The second-order valence-electron chi connectivity index (χ2n) is 6.33. The van der Waals surface area contributed by atoms with Crippen molar-refractivity contribution in [2.75, 3.05) is 13.7 Å². The average molecular weight is 398 g/mol. The molecule has 9 nitrogen and oxygen atoms in total. The summed E-state index contributed by atoms with van der Waals surface area (Å²) in [5.74, 6) is 1.86. The predicted octanol–water partition coefficient (Wildman–Crippen LogP) is 3.21. The lowest BCUT2D eigenvalue weighted by molar-refractivity contribution is -0.385. The lowest BCUT2D eigenvalue weighted by Gasteiger charge is -2.13. The second-order valence-corrected chi connectivity index (χ2v) is 6.33. The van der Waals surface area contributed by atoms with Crippen LogP contribution in [0.3, 0.4) is 0 Å². The van der Waals surface area contributed by atoms with Gasteiger partial charge in [0, 0.05) is 25.1 Å². The van der Waals surface area contributed by atoms with Gasteiger partial charge in [0.25, 0.3) is 5.69 Å². The molecule has 3 rings (SSSR count). The summed E-state index contributed by atoms with van der Waals surface area (Å²) >= 11 is 0. The van der Waals surface area contributed by atoms with Crippen LogP contribution in [0.2, 0.25) is 0 Å². The molecule has 9 heteroatoms. The van der Waals surface area contributed by atoms with Crippen molar-refractivity contribution in [1.82, 2.24) is 15.5 Å². The fourth-order valence-electron chi connectivity index (χ4n) is 2.77. The molecule has 0 saturated carbocycles. The zero-order valence-electron chi connectivity index (χ0n) is 16.3. The molecule has 3 aromatic rings. The quantitative estimate of drug-likeness (QED) is 0.315. The number of nitrogens with zero attached hydrogens (tertiary/aromatic N) is 3. The fraction of sp³-hybridized carbons (Fsp3) is 0.300. The van der Waals surface area contributed by atoms with Crippen molar-refractivity contribution in [2.45, 2.75) is 26.5 Å². The van der Waals surface area contributed by atoms with Crippen molar-refractivity contribution < 1.29 is 18.9 Å². The van der Waals surface area contributed by atoms with Gasteiger partial charge in [0.05, 0.1) is 18.1 Å². The normalized spacial score (nSPS) is 10.7. The first-order chi connectivity index (χ1) is 14.1. The molecule has 0 fully saturated rings. The number of aryl methyl sites for hydroxylation is 1. The molecule has 1 N–H and O–H groups in total. The van der Waals surface area contributed by atoms with E-state index in [0.29, 0.717) is 48.3 Å². The van der Waals surface area contributed by atoms with Crippen molar-refractivity contribution in [3.63, 3.8) is 0 Å². The molecule has 0 unspecified atom stereocenters. The molecule has 0 aliphatic heterocycles. The van der Waals surface area contributed by atoms with E-state index in [0.717, 1.165) is 5.56 Å². The SMILES string of the molecule is COc1cc(CNCCc2nc(C)no2)c([N+](=O)[O-])cc1OCc1ccccc1. The van der Waals surface area contributed by atoms with Gasteiger partial charge in [-0.25, -0.2) is 0 Å². The highest BCUT2D eigenvalue weighted by atomic mass is 16.6. The Balaban J connectivity index is 1.68. The van der Waals surface area contributed by atoms with E-state index in [1.807, 2.05) is 30.3 Å². The van der Waals surface area contributed by atoms with Crippen LogP contribution < -0.4 is 14.8 Å². The number of aromatic nitrogens is 2. The van der Waals surface area contributed by atoms with Crippen molar-refractivity contribution in [2.24, 2.45) is 0 Å². The van der Waals surface area contributed by atoms with Crippen LogP contribution in [0.1, 0.15) is 22.8 Å². The third-order valence-electron chi connectivity index (χ3n) is 4.20. The van der Waals surface area contributed by atoms with Gasteiger partial charge >= 0.3 is 0 Å². The Kier molecular flexibility index (Phi) is 6.75. The van der Waals surface area contributed by atoms with Crippen molar-refractivity contribution >= 4 is 5.69 Å². The van der Waals surface area contributed by atoms with Gasteiger partial charge in [-0.05, 0) is 18.6 Å². The standard InChI is InChI=1S/C20H22N4O5/c1-14-22-20(29-23-14)8-9-21-12-16-10-18(27-2)19(11-17(16)24(25)26)28-13-15-6-4-3-5-7-15/h3-7,10-11,21H,8-9,12-13H2,1-2H3. The minimum Gasteiger partial charge on any atom is -0.493 e. The van der Waals surface area contributed by atoms with Crippen molar-refractivity contribution in [1.29, 1.82) is 0 Å². The van der Waals surface area contributed by atoms with Crippen LogP contribution in [0.5, 0.6) is 11.5 Å². The van der Waals surface area contributed by atoms with Gasteiger partial charge in [-0.3, -0.25) is 10.1 Å². The Bertz CT molecular complexity index is 959. The van der Waals surface area contributed by atoms with Crippen LogP contribution in [-0.2, 0) is 19.6 Å². The number of benzene rings is 2. The third-order valence-corrected chi connectivity index (χ3v) is 4.20. The summed E-state index contributed by atoms with van der Waals surface area (Å²) in [6.07, 6.45) is 0.532. The number of hydrogen-bond acceptors (Lipinski definition) is 8. The van der Waals surface area contributed by atoms with Crippen molar-refractivity contribution in [3.8, 4) is 11.5 Å². The summed E-state index contributed by atoms with van der Waals surface area (Å²) in [6.45, 7) is 2.86. The first-order valence-electron chi connectivity index (χ1n) is 9.08. The molecule has 0 aliphatic rings. The predicted molar refractivity (Wildman–Crippen MR) is 105 cm³/mol. The van der Waals surface area contributed by atoms with Gasteiger partial charge in [-0.2, -0.15) is 4.98 Å². The number of rotatable bonds is 10. The van der Waals surface area contributed by atoms with E-state index in [9.17, 15) is 10.1 Å². The first-order valence-corrected chi connectivity index (χ1v) is 9.08. The highest BCUT2D eigenvalue weighted by molar-refractivity contribution is 5.54. The highest BCUT2D eigenvalue weighted by Gasteiger charge is 2.20. The van der Waals surface area contributed by atoms with Gasteiger partial charge in [0.2, 0.25) is 5.89 Å². The van der Waals surface area contributed by atoms with E-state index >= 15 is 0 Å². The molecule has 29 heavy (non-hydrogen) atoms. The number of hydrogen-bond donors (Lipinski definition) is 1. The number of nitro benzene ring substituents is 1. The lowest BCUT2D eigenvalue weighted by Crippen LogP contribution is -2.18. The summed E-state index contributed by atoms with van der Waals surface area (Å²) in [6, 6.07) is 12.6. The molecule has 152 valence electrons. The Labute approximate surface area is 167 Å². The molecule has 0 amide bonds. The monoisotopic (exact) mass is 398 g/mol. The first kappa shape index (κ1) is 20.3. The molecule has 0 spiro atoms.